The SMILES string of the molecule is FC(CC(F)(F)F)C(F)(F)C(F)(F)CC=COC=CCC(F)(F)C(F)(F)C(F)CC(F)(F)F. The third kappa shape index (κ3) is 9.51. The molecule has 0 aliphatic carbocycles. The van der Waals surface area contributed by atoms with Gasteiger partial charge in [0, 0.05) is 12.8 Å². The third-order valence-electron chi connectivity index (χ3n) is 3.68. The first kappa shape index (κ1) is 31.2. The van der Waals surface area contributed by atoms with Gasteiger partial charge in [-0.25, -0.2) is 8.78 Å². The molecule has 0 aliphatic heterocycles. The standard InChI is InChI=1S/C16H14F16O/c17-9(7-13(23,24)25)15(29,30)11(19,20)3-1-5-33-6-2-4-12(21,22)16(31,32)10(18)8-14(26,27)28/h1-2,5-6,9-10H,3-4,7-8H2. The molecule has 2 atom stereocenters. The van der Waals surface area contributed by atoms with E-state index in [9.17, 15) is 70.2 Å². The van der Waals surface area contributed by atoms with Crippen molar-refractivity contribution in [3.05, 3.63) is 24.7 Å². The summed E-state index contributed by atoms with van der Waals surface area (Å²) in [6.07, 6.45) is -29.4. The molecule has 0 aliphatic rings. The molecule has 1 nitrogen and oxygen atoms in total. The fraction of sp³-hybridized carbons (Fsp3) is 0.750. The largest absolute Gasteiger partial charge is 0.473 e. The smallest absolute Gasteiger partial charge is 0.392 e. The van der Waals surface area contributed by atoms with Crippen molar-refractivity contribution in [2.45, 2.75) is 74.1 Å². The summed E-state index contributed by atoms with van der Waals surface area (Å²) in [5.41, 5.74) is 0. The van der Waals surface area contributed by atoms with Gasteiger partial charge in [0.2, 0.25) is 0 Å². The zero-order chi connectivity index (χ0) is 26.5. The molecular weight excluding hydrogens is 512 g/mol. The number of hydrogen-bond donors (Lipinski definition) is 0. The van der Waals surface area contributed by atoms with E-state index in [0.29, 0.717) is 0 Å². The Morgan fingerprint density at radius 2 is 0.788 bits per heavy atom. The van der Waals surface area contributed by atoms with Crippen molar-refractivity contribution in [1.82, 2.24) is 0 Å². The van der Waals surface area contributed by atoms with E-state index in [0.717, 1.165) is 0 Å². The van der Waals surface area contributed by atoms with Crippen LogP contribution in [-0.2, 0) is 4.74 Å². The molecule has 33 heavy (non-hydrogen) atoms. The highest BCUT2D eigenvalue weighted by molar-refractivity contribution is 4.98. The van der Waals surface area contributed by atoms with Gasteiger partial charge in [-0.05, 0) is 12.2 Å². The Kier molecular flexibility index (Phi) is 10.0. The Bertz CT molecular complexity index is 604. The average Bonchev–Trinajstić information content (AvgIpc) is 2.57. The van der Waals surface area contributed by atoms with E-state index >= 15 is 0 Å². The summed E-state index contributed by atoms with van der Waals surface area (Å²) in [6, 6.07) is 0. The van der Waals surface area contributed by atoms with Crippen LogP contribution < -0.4 is 0 Å². The summed E-state index contributed by atoms with van der Waals surface area (Å²) in [5, 5.41) is 0. The quantitative estimate of drug-likeness (QED) is 0.185. The van der Waals surface area contributed by atoms with Crippen LogP contribution in [0.25, 0.3) is 0 Å². The van der Waals surface area contributed by atoms with Crippen LogP contribution in [0, 0.1) is 0 Å². The van der Waals surface area contributed by atoms with Crippen molar-refractivity contribution in [1.29, 1.82) is 0 Å². The zero-order valence-electron chi connectivity index (χ0n) is 15.7. The maximum absolute atomic E-state index is 13.3. The molecular formula is C16H14F16O. The topological polar surface area (TPSA) is 9.23 Å². The van der Waals surface area contributed by atoms with Crippen LogP contribution in [-0.4, -0.2) is 48.4 Å². The van der Waals surface area contributed by atoms with Gasteiger partial charge in [-0.15, -0.1) is 0 Å². The van der Waals surface area contributed by atoms with E-state index in [1.807, 2.05) is 0 Å². The van der Waals surface area contributed by atoms with Crippen molar-refractivity contribution in [2.75, 3.05) is 0 Å². The van der Waals surface area contributed by atoms with Gasteiger partial charge in [-0.2, -0.15) is 61.5 Å². The van der Waals surface area contributed by atoms with Crippen LogP contribution in [0.1, 0.15) is 25.7 Å². The van der Waals surface area contributed by atoms with Crippen LogP contribution >= 0.6 is 0 Å². The van der Waals surface area contributed by atoms with Crippen molar-refractivity contribution in [3.63, 3.8) is 0 Å². The Balaban J connectivity index is 4.88. The fourth-order valence-electron chi connectivity index (χ4n) is 1.94. The van der Waals surface area contributed by atoms with Gasteiger partial charge in [-0.1, -0.05) is 0 Å². The van der Waals surface area contributed by atoms with Crippen LogP contribution in [0.3, 0.4) is 0 Å². The maximum Gasteiger partial charge on any atom is 0.392 e. The van der Waals surface area contributed by atoms with Gasteiger partial charge < -0.3 is 4.74 Å². The molecule has 0 fully saturated rings. The predicted molar refractivity (Wildman–Crippen MR) is 79.5 cm³/mol. The van der Waals surface area contributed by atoms with E-state index in [4.69, 9.17) is 0 Å². The number of halogens is 16. The van der Waals surface area contributed by atoms with Crippen molar-refractivity contribution < 1.29 is 75.0 Å². The minimum absolute atomic E-state index is 0.00618. The summed E-state index contributed by atoms with van der Waals surface area (Å²) in [7, 11) is 0. The normalized spacial score (nSPS) is 17.1. The van der Waals surface area contributed by atoms with Gasteiger partial charge in [0.1, 0.15) is 0 Å². The summed E-state index contributed by atoms with van der Waals surface area (Å²) in [5.74, 6) is -22.2. The molecule has 17 heteroatoms. The van der Waals surface area contributed by atoms with Gasteiger partial charge in [-0.3, -0.25) is 0 Å². The summed E-state index contributed by atoms with van der Waals surface area (Å²) < 4.78 is 207. The molecule has 0 spiro atoms. The Morgan fingerprint density at radius 3 is 1.03 bits per heavy atom. The molecule has 0 aromatic heterocycles. The minimum atomic E-state index is -5.77. The molecule has 0 aromatic carbocycles. The lowest BCUT2D eigenvalue weighted by Crippen LogP contribution is -2.49. The number of rotatable bonds is 12. The monoisotopic (exact) mass is 526 g/mol. The maximum atomic E-state index is 13.3. The molecule has 0 N–H and O–H groups in total. The second-order valence-electron chi connectivity index (χ2n) is 6.52. The van der Waals surface area contributed by atoms with Crippen LogP contribution in [0.2, 0.25) is 0 Å². The van der Waals surface area contributed by atoms with Crippen molar-refractivity contribution in [2.24, 2.45) is 0 Å². The zero-order valence-corrected chi connectivity index (χ0v) is 15.7. The lowest BCUT2D eigenvalue weighted by molar-refractivity contribution is -0.256. The second-order valence-corrected chi connectivity index (χ2v) is 6.52. The van der Waals surface area contributed by atoms with Crippen LogP contribution in [0.5, 0.6) is 0 Å². The van der Waals surface area contributed by atoms with Gasteiger partial charge in [0.05, 0.1) is 25.4 Å². The molecule has 2 unspecified atom stereocenters. The molecule has 0 radical (unpaired) electrons. The molecule has 0 aromatic rings. The van der Waals surface area contributed by atoms with E-state index in [1.165, 1.54) is 0 Å². The highest BCUT2D eigenvalue weighted by Crippen LogP contribution is 2.45. The molecule has 0 saturated carbocycles. The third-order valence-corrected chi connectivity index (χ3v) is 3.68. The average molecular weight is 526 g/mol. The first-order chi connectivity index (χ1) is 14.5. The summed E-state index contributed by atoms with van der Waals surface area (Å²) in [6.45, 7) is 0. The van der Waals surface area contributed by atoms with Gasteiger partial charge in [0.25, 0.3) is 0 Å². The summed E-state index contributed by atoms with van der Waals surface area (Å²) in [4.78, 5) is 0. The predicted octanol–water partition coefficient (Wildman–Crippen LogP) is 7.93. The number of hydrogen-bond acceptors (Lipinski definition) is 1. The first-order valence-corrected chi connectivity index (χ1v) is 8.34. The first-order valence-electron chi connectivity index (χ1n) is 8.34. The Hall–Kier alpha value is -1.84. The Morgan fingerprint density at radius 1 is 0.515 bits per heavy atom. The number of ether oxygens (including phenoxy) is 1. The highest BCUT2D eigenvalue weighted by atomic mass is 19.4. The van der Waals surface area contributed by atoms with E-state index in [1.54, 1.807) is 0 Å². The molecule has 0 amide bonds. The van der Waals surface area contributed by atoms with E-state index in [-0.39, 0.29) is 24.7 Å². The van der Waals surface area contributed by atoms with Gasteiger partial charge >= 0.3 is 36.0 Å². The fourth-order valence-corrected chi connectivity index (χ4v) is 1.94. The molecule has 0 heterocycles. The number of allylic oxidation sites excluding steroid dienone is 2. The van der Waals surface area contributed by atoms with Crippen LogP contribution in [0.15, 0.2) is 24.7 Å². The van der Waals surface area contributed by atoms with Crippen molar-refractivity contribution in [3.8, 4) is 0 Å². The van der Waals surface area contributed by atoms with E-state index < -0.39 is 74.1 Å². The van der Waals surface area contributed by atoms with Crippen LogP contribution in [0.4, 0.5) is 70.2 Å². The summed E-state index contributed by atoms with van der Waals surface area (Å²) >= 11 is 0. The minimum Gasteiger partial charge on any atom is -0.473 e. The van der Waals surface area contributed by atoms with Gasteiger partial charge in [0.15, 0.2) is 12.3 Å². The second kappa shape index (κ2) is 10.6. The Labute approximate surface area is 175 Å². The molecule has 0 saturated heterocycles. The lowest BCUT2D eigenvalue weighted by atomic mass is 10.0. The molecule has 196 valence electrons. The lowest BCUT2D eigenvalue weighted by Gasteiger charge is -2.28. The molecule has 0 bridgehead atoms. The molecule has 0 rings (SSSR count). The van der Waals surface area contributed by atoms with E-state index in [2.05, 4.69) is 4.74 Å². The highest BCUT2D eigenvalue weighted by Gasteiger charge is 2.63. The van der Waals surface area contributed by atoms with Crippen molar-refractivity contribution >= 4 is 0 Å². The number of alkyl halides is 16.